The molecule has 2 aliphatic rings. The molecular formula is C23H19Cl3N2O5S3. The molecule has 2 aromatic rings. The molecule has 0 spiro atoms. The minimum absolute atomic E-state index is 0.0518. The topological polar surface area (TPSA) is 92.8 Å². The fraction of sp³-hybridized carbons (Fsp3) is 0.261. The first-order valence-corrected chi connectivity index (χ1v) is 14.8. The molecule has 2 fully saturated rings. The molecular weight excluding hydrogens is 587 g/mol. The van der Waals surface area contributed by atoms with Crippen LogP contribution in [0, 0.1) is 0 Å². The predicted octanol–water partition coefficient (Wildman–Crippen LogP) is 4.58. The summed E-state index contributed by atoms with van der Waals surface area (Å²) in [5.41, 5.74) is 1.06. The Morgan fingerprint density at radius 2 is 1.83 bits per heavy atom. The zero-order valence-electron chi connectivity index (χ0n) is 18.4. The van der Waals surface area contributed by atoms with Crippen molar-refractivity contribution in [2.75, 3.05) is 11.5 Å². The Labute approximate surface area is 233 Å². The van der Waals surface area contributed by atoms with Crippen LogP contribution in [-0.4, -0.2) is 57.0 Å². The molecule has 0 aromatic heterocycles. The van der Waals surface area contributed by atoms with Crippen LogP contribution in [0.4, 0.5) is 0 Å². The largest absolute Gasteiger partial charge is 0.466 e. The van der Waals surface area contributed by atoms with Crippen molar-refractivity contribution in [3.05, 3.63) is 70.6 Å². The number of benzene rings is 2. The number of hydrogen-bond acceptors (Lipinski definition) is 7. The van der Waals surface area contributed by atoms with E-state index in [1.807, 2.05) is 0 Å². The highest BCUT2D eigenvalue weighted by Gasteiger charge is 2.42. The van der Waals surface area contributed by atoms with Gasteiger partial charge in [-0.25, -0.2) is 8.42 Å². The van der Waals surface area contributed by atoms with Gasteiger partial charge in [-0.2, -0.15) is 0 Å². The van der Waals surface area contributed by atoms with Gasteiger partial charge >= 0.3 is 0 Å². The van der Waals surface area contributed by atoms with Crippen LogP contribution in [0.3, 0.4) is 0 Å². The highest BCUT2D eigenvalue weighted by Crippen LogP contribution is 2.37. The van der Waals surface area contributed by atoms with E-state index in [0.717, 1.165) is 11.8 Å². The number of thioether (sulfide) groups is 1. The van der Waals surface area contributed by atoms with Crippen LogP contribution < -0.4 is 10.1 Å². The van der Waals surface area contributed by atoms with Gasteiger partial charge < -0.3 is 10.1 Å². The van der Waals surface area contributed by atoms with Crippen LogP contribution in [-0.2, 0) is 14.6 Å². The molecule has 2 aromatic carbocycles. The SMILES string of the molecule is O=C(N[C@H](Oc1ccc(/C=C2\SC(=S)N([C@@H]3CCS(=O)(=O)C3)C2=O)cc1)C(Cl)(Cl)Cl)c1ccccc1. The van der Waals surface area contributed by atoms with E-state index < -0.39 is 31.8 Å². The van der Waals surface area contributed by atoms with E-state index in [-0.39, 0.29) is 17.4 Å². The molecule has 190 valence electrons. The van der Waals surface area contributed by atoms with E-state index in [1.54, 1.807) is 60.7 Å². The zero-order valence-corrected chi connectivity index (χ0v) is 23.1. The fourth-order valence-electron chi connectivity index (χ4n) is 3.67. The van der Waals surface area contributed by atoms with Crippen LogP contribution in [0.15, 0.2) is 59.5 Å². The Morgan fingerprint density at radius 1 is 1.17 bits per heavy atom. The lowest BCUT2D eigenvalue weighted by molar-refractivity contribution is -0.123. The Kier molecular flexibility index (Phi) is 8.23. The maximum atomic E-state index is 12.9. The van der Waals surface area contributed by atoms with Gasteiger partial charge in [0.05, 0.1) is 22.5 Å². The normalized spacial score (nSPS) is 21.6. The minimum atomic E-state index is -3.16. The first kappa shape index (κ1) is 27.2. The van der Waals surface area contributed by atoms with Gasteiger partial charge in [0.2, 0.25) is 10.0 Å². The third-order valence-electron chi connectivity index (χ3n) is 5.42. The molecule has 2 saturated heterocycles. The van der Waals surface area contributed by atoms with Gasteiger partial charge in [0, 0.05) is 5.56 Å². The average Bonchev–Trinajstić information content (AvgIpc) is 3.31. The first-order chi connectivity index (χ1) is 16.9. The third-order valence-corrected chi connectivity index (χ3v) is 9.10. The number of rotatable bonds is 6. The molecule has 0 saturated carbocycles. The molecule has 2 atom stereocenters. The zero-order chi connectivity index (χ0) is 26.1. The predicted molar refractivity (Wildman–Crippen MR) is 147 cm³/mol. The molecule has 2 amide bonds. The van der Waals surface area contributed by atoms with Gasteiger partial charge in [0.1, 0.15) is 10.1 Å². The minimum Gasteiger partial charge on any atom is -0.466 e. The summed E-state index contributed by atoms with van der Waals surface area (Å²) in [5.74, 6) is -0.492. The van der Waals surface area contributed by atoms with E-state index in [0.29, 0.717) is 32.5 Å². The summed E-state index contributed by atoms with van der Waals surface area (Å²) in [5, 5.41) is 2.56. The summed E-state index contributed by atoms with van der Waals surface area (Å²) >= 11 is 24.5. The Hall–Kier alpha value is -1.82. The molecule has 1 N–H and O–H groups in total. The van der Waals surface area contributed by atoms with Crippen molar-refractivity contribution >= 4 is 90.8 Å². The number of alkyl halides is 3. The number of thiocarbonyl (C=S) groups is 1. The number of carbonyl (C=O) groups is 2. The molecule has 13 heteroatoms. The van der Waals surface area contributed by atoms with Gasteiger partial charge in [-0.15, -0.1) is 0 Å². The smallest absolute Gasteiger partial charge is 0.266 e. The second-order valence-corrected chi connectivity index (χ2v) is 14.3. The lowest BCUT2D eigenvalue weighted by atomic mass is 10.2. The Morgan fingerprint density at radius 3 is 2.42 bits per heavy atom. The molecule has 0 radical (unpaired) electrons. The van der Waals surface area contributed by atoms with E-state index in [2.05, 4.69) is 5.32 Å². The second kappa shape index (κ2) is 10.9. The van der Waals surface area contributed by atoms with Crippen LogP contribution in [0.2, 0.25) is 0 Å². The van der Waals surface area contributed by atoms with Crippen LogP contribution in [0.5, 0.6) is 5.75 Å². The van der Waals surface area contributed by atoms with Crippen molar-refractivity contribution in [3.63, 3.8) is 0 Å². The number of hydrogen-bond donors (Lipinski definition) is 1. The summed E-state index contributed by atoms with van der Waals surface area (Å²) in [6.07, 6.45) is 0.759. The maximum absolute atomic E-state index is 12.9. The van der Waals surface area contributed by atoms with Crippen molar-refractivity contribution in [2.24, 2.45) is 0 Å². The van der Waals surface area contributed by atoms with Crippen molar-refractivity contribution in [2.45, 2.75) is 22.5 Å². The van der Waals surface area contributed by atoms with Gasteiger partial charge in [0.25, 0.3) is 11.8 Å². The molecule has 7 nitrogen and oxygen atoms in total. The molecule has 0 aliphatic carbocycles. The lowest BCUT2D eigenvalue weighted by Gasteiger charge is -2.26. The van der Waals surface area contributed by atoms with Gasteiger partial charge in [-0.05, 0) is 42.3 Å². The number of nitrogens with one attached hydrogen (secondary N) is 1. The molecule has 0 bridgehead atoms. The lowest BCUT2D eigenvalue weighted by Crippen LogP contribution is -2.47. The first-order valence-electron chi connectivity index (χ1n) is 10.6. The van der Waals surface area contributed by atoms with Gasteiger partial charge in [-0.1, -0.05) is 89.1 Å². The molecule has 36 heavy (non-hydrogen) atoms. The van der Waals surface area contributed by atoms with Crippen LogP contribution in [0.1, 0.15) is 22.3 Å². The monoisotopic (exact) mass is 604 g/mol. The molecule has 2 aliphatic heterocycles. The van der Waals surface area contributed by atoms with Crippen LogP contribution in [0.25, 0.3) is 6.08 Å². The quantitative estimate of drug-likeness (QED) is 0.223. The number of amides is 2. The van der Waals surface area contributed by atoms with Crippen molar-refractivity contribution < 1.29 is 22.7 Å². The standard InChI is InChI=1S/C23H19Cl3N2O5S3/c24-23(25,26)21(27-19(29)15-4-2-1-3-5-15)33-17-8-6-14(7-9-17)12-18-20(30)28(22(34)35-18)16-10-11-36(31,32)13-16/h1-9,12,16,21H,10-11,13H2,(H,27,29)/b18-12-/t16-,21-/m1/s1. The highest BCUT2D eigenvalue weighted by atomic mass is 35.6. The second-order valence-electron chi connectivity index (χ2n) is 8.06. The highest BCUT2D eigenvalue weighted by molar-refractivity contribution is 8.26. The molecule has 0 unspecified atom stereocenters. The summed E-state index contributed by atoms with van der Waals surface area (Å²) < 4.78 is 27.8. The van der Waals surface area contributed by atoms with Crippen molar-refractivity contribution in [1.29, 1.82) is 0 Å². The molecule has 4 rings (SSSR count). The van der Waals surface area contributed by atoms with Crippen LogP contribution >= 0.6 is 58.8 Å². The average molecular weight is 606 g/mol. The molecule has 2 heterocycles. The van der Waals surface area contributed by atoms with E-state index in [9.17, 15) is 18.0 Å². The number of carbonyl (C=O) groups excluding carboxylic acids is 2. The number of nitrogens with zero attached hydrogens (tertiary/aromatic N) is 1. The van der Waals surface area contributed by atoms with E-state index in [1.165, 1.54) is 4.90 Å². The summed E-state index contributed by atoms with van der Waals surface area (Å²) in [4.78, 5) is 27.2. The van der Waals surface area contributed by atoms with E-state index in [4.69, 9.17) is 51.8 Å². The summed E-state index contributed by atoms with van der Waals surface area (Å²) in [6, 6.07) is 14.6. The third kappa shape index (κ3) is 6.54. The van der Waals surface area contributed by atoms with Crippen molar-refractivity contribution in [1.82, 2.24) is 10.2 Å². The van der Waals surface area contributed by atoms with Gasteiger partial charge in [-0.3, -0.25) is 14.5 Å². The Balaban J connectivity index is 1.45. The van der Waals surface area contributed by atoms with Gasteiger partial charge in [0.15, 0.2) is 9.84 Å². The Bertz CT molecular complexity index is 1310. The number of sulfone groups is 1. The van der Waals surface area contributed by atoms with E-state index >= 15 is 0 Å². The summed E-state index contributed by atoms with van der Waals surface area (Å²) in [7, 11) is -3.16. The maximum Gasteiger partial charge on any atom is 0.266 e. The fourth-order valence-corrected chi connectivity index (χ4v) is 7.07. The number of ether oxygens (including phenoxy) is 1. The summed E-state index contributed by atoms with van der Waals surface area (Å²) in [6.45, 7) is 0. The van der Waals surface area contributed by atoms with Crippen molar-refractivity contribution in [3.8, 4) is 5.75 Å². The number of halogens is 3.